The average Bonchev–Trinajstić information content (AvgIpc) is 2.39. The third-order valence-corrected chi connectivity index (χ3v) is 2.56. The first-order chi connectivity index (χ1) is 8.24. The number of carbonyl (C=O) groups is 1. The summed E-state index contributed by atoms with van der Waals surface area (Å²) in [5.74, 6) is 0.321. The summed E-state index contributed by atoms with van der Waals surface area (Å²) in [6.07, 6.45) is 5.43. The van der Waals surface area contributed by atoms with Gasteiger partial charge in [0.25, 0.3) is 0 Å². The van der Waals surface area contributed by atoms with Crippen LogP contribution in [-0.4, -0.2) is 36.5 Å². The lowest BCUT2D eigenvalue weighted by molar-refractivity contribution is -0.145. The Labute approximate surface area is 105 Å². The Hall–Kier alpha value is -0.610. The van der Waals surface area contributed by atoms with Crippen LogP contribution in [-0.2, 0) is 9.53 Å². The first-order valence-corrected chi connectivity index (χ1v) is 6.45. The zero-order valence-electron chi connectivity index (χ0n) is 11.4. The number of esters is 1. The monoisotopic (exact) mass is 248 g/mol. The molecule has 0 aromatic rings. The van der Waals surface area contributed by atoms with Crippen LogP contribution in [0.1, 0.15) is 52.4 Å². The number of hydrogen-bond acceptors (Lipinski definition) is 4. The average molecular weight is 248 g/mol. The topological polar surface area (TPSA) is 66.8 Å². The zero-order chi connectivity index (χ0) is 13.5. The van der Waals surface area contributed by atoms with E-state index in [9.17, 15) is 4.79 Å². The van der Waals surface area contributed by atoms with Crippen molar-refractivity contribution in [1.29, 1.82) is 0 Å². The van der Waals surface area contributed by atoms with Gasteiger partial charge in [0.2, 0.25) is 0 Å². The number of ether oxygens (including phenoxy) is 1. The Kier molecular flexibility index (Phi) is 17.0. The molecule has 0 aliphatic carbocycles. The van der Waals surface area contributed by atoms with Crippen LogP contribution in [0.3, 0.4) is 0 Å². The van der Waals surface area contributed by atoms with E-state index in [2.05, 4.69) is 13.8 Å². The van der Waals surface area contributed by atoms with Gasteiger partial charge in [0.15, 0.2) is 0 Å². The highest BCUT2D eigenvalue weighted by molar-refractivity contribution is 5.69. The van der Waals surface area contributed by atoms with Crippen molar-refractivity contribution in [3.63, 3.8) is 0 Å². The van der Waals surface area contributed by atoms with Gasteiger partial charge in [-0.3, -0.25) is 4.79 Å². The molecule has 1 atom stereocenters. The first-order valence-electron chi connectivity index (χ1n) is 6.45. The number of carbonyl (C=O) groups excluding carboxylic acids is 1. The van der Waals surface area contributed by atoms with Gasteiger partial charge >= 0.3 is 5.97 Å². The number of aliphatic hydroxyl groups excluding tert-OH is 2. The van der Waals surface area contributed by atoms with Crippen molar-refractivity contribution in [1.82, 2.24) is 0 Å². The highest BCUT2D eigenvalue weighted by Crippen LogP contribution is 2.13. The minimum atomic E-state index is -0.181. The minimum absolute atomic E-state index is 0.0577. The lowest BCUT2D eigenvalue weighted by atomic mass is 10.0. The molecule has 0 amide bonds. The molecule has 0 spiro atoms. The fourth-order valence-corrected chi connectivity index (χ4v) is 1.40. The van der Waals surface area contributed by atoms with E-state index in [1.54, 1.807) is 0 Å². The Morgan fingerprint density at radius 2 is 1.88 bits per heavy atom. The first kappa shape index (κ1) is 18.7. The Balaban J connectivity index is 0. The van der Waals surface area contributed by atoms with Crippen LogP contribution in [0.2, 0.25) is 0 Å². The summed E-state index contributed by atoms with van der Waals surface area (Å²) in [4.78, 5) is 11.2. The highest BCUT2D eigenvalue weighted by Gasteiger charge is 2.09. The van der Waals surface area contributed by atoms with Crippen molar-refractivity contribution < 1.29 is 19.7 Å². The standard InChI is InChI=1S/C12H24O3.CH4O/c1-3-5-7-11(4-2)10-15-12(14)8-6-9-13;1-2/h11,13H,3-10H2,1-2H3;2H,1H3. The van der Waals surface area contributed by atoms with Gasteiger partial charge in [-0.25, -0.2) is 0 Å². The summed E-state index contributed by atoms with van der Waals surface area (Å²) >= 11 is 0. The van der Waals surface area contributed by atoms with E-state index in [1.165, 1.54) is 12.8 Å². The molecular weight excluding hydrogens is 220 g/mol. The van der Waals surface area contributed by atoms with Crippen LogP contribution >= 0.6 is 0 Å². The molecule has 0 aliphatic rings. The quantitative estimate of drug-likeness (QED) is 0.613. The molecule has 0 bridgehead atoms. The molecule has 0 rings (SSSR count). The Morgan fingerprint density at radius 1 is 1.24 bits per heavy atom. The molecular formula is C13H28O4. The van der Waals surface area contributed by atoms with Gasteiger partial charge in [-0.1, -0.05) is 33.1 Å². The maximum atomic E-state index is 11.2. The zero-order valence-corrected chi connectivity index (χ0v) is 11.4. The SMILES string of the molecule is CCCCC(CC)COC(=O)CCCO.CO. The molecule has 0 saturated heterocycles. The lowest BCUT2D eigenvalue weighted by Crippen LogP contribution is -2.14. The van der Waals surface area contributed by atoms with Gasteiger partial charge in [-0.15, -0.1) is 0 Å². The lowest BCUT2D eigenvalue weighted by Gasteiger charge is -2.14. The molecule has 0 heterocycles. The maximum Gasteiger partial charge on any atom is 0.305 e. The van der Waals surface area contributed by atoms with Crippen molar-refractivity contribution in [2.45, 2.75) is 52.4 Å². The fourth-order valence-electron chi connectivity index (χ4n) is 1.40. The fraction of sp³-hybridized carbons (Fsp3) is 0.923. The number of unbranched alkanes of at least 4 members (excludes halogenated alkanes) is 1. The molecule has 0 aliphatic heterocycles. The molecule has 0 aromatic heterocycles. The van der Waals surface area contributed by atoms with E-state index < -0.39 is 0 Å². The van der Waals surface area contributed by atoms with Crippen LogP contribution in [0.5, 0.6) is 0 Å². The third kappa shape index (κ3) is 13.3. The highest BCUT2D eigenvalue weighted by atomic mass is 16.5. The van der Waals surface area contributed by atoms with Crippen molar-refractivity contribution >= 4 is 5.97 Å². The molecule has 4 heteroatoms. The van der Waals surface area contributed by atoms with E-state index in [0.717, 1.165) is 20.0 Å². The molecule has 104 valence electrons. The molecule has 17 heavy (non-hydrogen) atoms. The van der Waals surface area contributed by atoms with Crippen molar-refractivity contribution in [2.75, 3.05) is 20.3 Å². The van der Waals surface area contributed by atoms with Crippen molar-refractivity contribution in [2.24, 2.45) is 5.92 Å². The molecule has 0 aromatic carbocycles. The maximum absolute atomic E-state index is 11.2. The van der Waals surface area contributed by atoms with Gasteiger partial charge in [0.1, 0.15) is 0 Å². The number of hydrogen-bond donors (Lipinski definition) is 2. The van der Waals surface area contributed by atoms with E-state index >= 15 is 0 Å². The van der Waals surface area contributed by atoms with Crippen LogP contribution < -0.4 is 0 Å². The van der Waals surface area contributed by atoms with Gasteiger partial charge in [0.05, 0.1) is 6.61 Å². The van der Waals surface area contributed by atoms with Gasteiger partial charge in [0, 0.05) is 20.1 Å². The summed E-state index contributed by atoms with van der Waals surface area (Å²) in [5.41, 5.74) is 0. The second-order valence-corrected chi connectivity index (χ2v) is 3.93. The number of aliphatic hydroxyl groups is 2. The third-order valence-electron chi connectivity index (χ3n) is 2.56. The molecule has 0 saturated carbocycles. The smallest absolute Gasteiger partial charge is 0.305 e. The van der Waals surface area contributed by atoms with Gasteiger partial charge in [-0.05, 0) is 18.8 Å². The minimum Gasteiger partial charge on any atom is -0.465 e. The van der Waals surface area contributed by atoms with Gasteiger partial charge in [-0.2, -0.15) is 0 Å². The molecule has 2 N–H and O–H groups in total. The molecule has 1 unspecified atom stereocenters. The summed E-state index contributed by atoms with van der Waals surface area (Å²) in [6.45, 7) is 4.89. The Morgan fingerprint density at radius 3 is 2.35 bits per heavy atom. The summed E-state index contributed by atoms with van der Waals surface area (Å²) < 4.78 is 5.14. The summed E-state index contributed by atoms with van der Waals surface area (Å²) in [7, 11) is 1.00. The van der Waals surface area contributed by atoms with E-state index in [0.29, 0.717) is 25.4 Å². The predicted molar refractivity (Wildman–Crippen MR) is 68.7 cm³/mol. The summed E-state index contributed by atoms with van der Waals surface area (Å²) in [5, 5.41) is 15.5. The van der Waals surface area contributed by atoms with Gasteiger partial charge < -0.3 is 14.9 Å². The molecule has 0 radical (unpaired) electrons. The molecule has 4 nitrogen and oxygen atoms in total. The van der Waals surface area contributed by atoms with Crippen LogP contribution in [0.4, 0.5) is 0 Å². The largest absolute Gasteiger partial charge is 0.465 e. The normalized spacial score (nSPS) is 11.4. The van der Waals surface area contributed by atoms with Crippen LogP contribution in [0.25, 0.3) is 0 Å². The van der Waals surface area contributed by atoms with Crippen LogP contribution in [0.15, 0.2) is 0 Å². The number of rotatable bonds is 9. The second-order valence-electron chi connectivity index (χ2n) is 3.93. The second kappa shape index (κ2) is 15.4. The van der Waals surface area contributed by atoms with E-state index in [-0.39, 0.29) is 12.6 Å². The van der Waals surface area contributed by atoms with Crippen LogP contribution in [0, 0.1) is 5.92 Å². The molecule has 0 fully saturated rings. The predicted octanol–water partition coefficient (Wildman–Crippen LogP) is 2.13. The van der Waals surface area contributed by atoms with E-state index in [1.807, 2.05) is 0 Å². The van der Waals surface area contributed by atoms with E-state index in [4.69, 9.17) is 14.9 Å². The van der Waals surface area contributed by atoms with Crippen molar-refractivity contribution in [3.8, 4) is 0 Å². The summed E-state index contributed by atoms with van der Waals surface area (Å²) in [6, 6.07) is 0. The van der Waals surface area contributed by atoms with Crippen molar-refractivity contribution in [3.05, 3.63) is 0 Å². The Bertz CT molecular complexity index is 159.